The first-order valence-electron chi connectivity index (χ1n) is 6.79. The van der Waals surface area contributed by atoms with E-state index in [0.29, 0.717) is 6.04 Å². The van der Waals surface area contributed by atoms with Gasteiger partial charge in [0.2, 0.25) is 5.91 Å². The Morgan fingerprint density at radius 3 is 2.85 bits per heavy atom. The van der Waals surface area contributed by atoms with E-state index in [9.17, 15) is 4.79 Å². The van der Waals surface area contributed by atoms with Crippen LogP contribution in [0.4, 0.5) is 0 Å². The van der Waals surface area contributed by atoms with Crippen LogP contribution < -0.4 is 5.32 Å². The van der Waals surface area contributed by atoms with E-state index in [0.717, 1.165) is 42.6 Å². The molecule has 1 aliphatic heterocycles. The quantitative estimate of drug-likeness (QED) is 0.883. The Bertz CT molecular complexity index is 431. The van der Waals surface area contributed by atoms with E-state index in [1.165, 1.54) is 0 Å². The van der Waals surface area contributed by atoms with Crippen molar-refractivity contribution in [1.29, 1.82) is 0 Å². The van der Waals surface area contributed by atoms with Gasteiger partial charge in [0, 0.05) is 43.5 Å². The van der Waals surface area contributed by atoms with Crippen LogP contribution in [0, 0.1) is 0 Å². The summed E-state index contributed by atoms with van der Waals surface area (Å²) < 4.78 is 5.87. The number of piperidine rings is 1. The molecule has 0 radical (unpaired) electrons. The Morgan fingerprint density at radius 1 is 1.50 bits per heavy atom. The van der Waals surface area contributed by atoms with Crippen LogP contribution >= 0.6 is 15.9 Å². The number of nitrogens with one attached hydrogen (secondary N) is 1. The predicted octanol–water partition coefficient (Wildman–Crippen LogP) is 1.57. The van der Waals surface area contributed by atoms with Gasteiger partial charge in [0.25, 0.3) is 0 Å². The lowest BCUT2D eigenvalue weighted by Gasteiger charge is -2.32. The number of aromatic nitrogens is 1. The topological polar surface area (TPSA) is 54.5 Å². The Balaban J connectivity index is 1.72. The van der Waals surface area contributed by atoms with Gasteiger partial charge in [-0.05, 0) is 40.9 Å². The zero-order valence-corrected chi connectivity index (χ0v) is 13.2. The number of nitrogens with zero attached hydrogens (tertiary/aromatic N) is 2. The van der Waals surface area contributed by atoms with Gasteiger partial charge in [-0.25, -0.2) is 0 Å². The van der Waals surface area contributed by atoms with Crippen molar-refractivity contribution in [3.05, 3.63) is 28.5 Å². The minimum absolute atomic E-state index is 0.0838. The number of pyridine rings is 1. The van der Waals surface area contributed by atoms with Crippen LogP contribution in [0.5, 0.6) is 0 Å². The summed E-state index contributed by atoms with van der Waals surface area (Å²) in [5.74, 6) is 0.0838. The lowest BCUT2D eigenvalue weighted by Crippen LogP contribution is -2.45. The maximum absolute atomic E-state index is 11.7. The number of halogens is 1. The Hall–Kier alpha value is -0.980. The number of likely N-dealkylation sites (tertiary alicyclic amines) is 1. The molecule has 0 unspecified atom stereocenters. The van der Waals surface area contributed by atoms with E-state index < -0.39 is 0 Å². The number of hydrogen-bond acceptors (Lipinski definition) is 4. The smallest absolute Gasteiger partial charge is 0.248 e. The fourth-order valence-electron chi connectivity index (χ4n) is 2.31. The summed E-state index contributed by atoms with van der Waals surface area (Å²) in [6.07, 6.45) is 3.76. The van der Waals surface area contributed by atoms with Crippen LogP contribution in [-0.4, -0.2) is 48.6 Å². The standard InChI is InChI=1S/C14H20BrN3O2/c1-20-10-14(19)18-6-4-12(5-7-18)17-9-13-3-2-11(15)8-16-13/h2-3,8,12,17H,4-7,9-10H2,1H3. The molecule has 1 aromatic rings. The minimum Gasteiger partial charge on any atom is -0.375 e. The Labute approximate surface area is 127 Å². The van der Waals surface area contributed by atoms with Gasteiger partial charge < -0.3 is 15.0 Å². The molecule has 0 spiro atoms. The van der Waals surface area contributed by atoms with Gasteiger partial charge in [0.15, 0.2) is 0 Å². The molecule has 0 atom stereocenters. The van der Waals surface area contributed by atoms with Crippen molar-refractivity contribution < 1.29 is 9.53 Å². The van der Waals surface area contributed by atoms with Crippen molar-refractivity contribution >= 4 is 21.8 Å². The van der Waals surface area contributed by atoms with Gasteiger partial charge >= 0.3 is 0 Å². The monoisotopic (exact) mass is 341 g/mol. The second kappa shape index (κ2) is 7.71. The van der Waals surface area contributed by atoms with E-state index in [2.05, 4.69) is 26.2 Å². The molecule has 1 aromatic heterocycles. The molecular weight excluding hydrogens is 322 g/mol. The van der Waals surface area contributed by atoms with Gasteiger partial charge in [-0.2, -0.15) is 0 Å². The lowest BCUT2D eigenvalue weighted by atomic mass is 10.0. The number of methoxy groups -OCH3 is 1. The summed E-state index contributed by atoms with van der Waals surface area (Å²) >= 11 is 3.38. The van der Waals surface area contributed by atoms with Gasteiger partial charge in [0.1, 0.15) is 6.61 Å². The highest BCUT2D eigenvalue weighted by atomic mass is 79.9. The van der Waals surface area contributed by atoms with Gasteiger partial charge in [-0.15, -0.1) is 0 Å². The van der Waals surface area contributed by atoms with Crippen molar-refractivity contribution in [2.75, 3.05) is 26.8 Å². The van der Waals surface area contributed by atoms with Gasteiger partial charge in [0.05, 0.1) is 5.69 Å². The fourth-order valence-corrected chi connectivity index (χ4v) is 2.54. The molecule has 6 heteroatoms. The molecule has 0 saturated carbocycles. The molecule has 2 rings (SSSR count). The molecule has 2 heterocycles. The largest absolute Gasteiger partial charge is 0.375 e. The van der Waals surface area contributed by atoms with E-state index >= 15 is 0 Å². The number of hydrogen-bond donors (Lipinski definition) is 1. The number of carbonyl (C=O) groups is 1. The molecule has 0 bridgehead atoms. The number of carbonyl (C=O) groups excluding carboxylic acids is 1. The fraction of sp³-hybridized carbons (Fsp3) is 0.571. The van der Waals surface area contributed by atoms with Crippen LogP contribution in [0.25, 0.3) is 0 Å². The van der Waals surface area contributed by atoms with Crippen molar-refractivity contribution in [3.8, 4) is 0 Å². The molecule has 1 aliphatic rings. The SMILES string of the molecule is COCC(=O)N1CCC(NCc2ccc(Br)cn2)CC1. The average molecular weight is 342 g/mol. The first-order chi connectivity index (χ1) is 9.69. The first kappa shape index (κ1) is 15.4. The van der Waals surface area contributed by atoms with Crippen molar-refractivity contribution in [2.24, 2.45) is 0 Å². The van der Waals surface area contributed by atoms with Crippen molar-refractivity contribution in [1.82, 2.24) is 15.2 Å². The van der Waals surface area contributed by atoms with Crippen LogP contribution in [0.3, 0.4) is 0 Å². The van der Waals surface area contributed by atoms with E-state index in [1.807, 2.05) is 23.2 Å². The molecule has 1 saturated heterocycles. The van der Waals surface area contributed by atoms with Gasteiger partial charge in [-0.3, -0.25) is 9.78 Å². The maximum Gasteiger partial charge on any atom is 0.248 e. The second-order valence-corrected chi connectivity index (χ2v) is 5.85. The zero-order chi connectivity index (χ0) is 14.4. The maximum atomic E-state index is 11.7. The molecule has 0 aliphatic carbocycles. The van der Waals surface area contributed by atoms with Crippen molar-refractivity contribution in [3.63, 3.8) is 0 Å². The molecule has 1 amide bonds. The summed E-state index contributed by atoms with van der Waals surface area (Å²) in [7, 11) is 1.55. The highest BCUT2D eigenvalue weighted by molar-refractivity contribution is 9.10. The molecule has 110 valence electrons. The summed E-state index contributed by atoms with van der Waals surface area (Å²) in [5.41, 5.74) is 1.03. The lowest BCUT2D eigenvalue weighted by molar-refractivity contribution is -0.136. The molecule has 0 aromatic carbocycles. The van der Waals surface area contributed by atoms with Crippen LogP contribution in [-0.2, 0) is 16.1 Å². The molecule has 1 fully saturated rings. The minimum atomic E-state index is 0.0838. The van der Waals surface area contributed by atoms with Gasteiger partial charge in [-0.1, -0.05) is 0 Å². The van der Waals surface area contributed by atoms with Crippen LogP contribution in [0.2, 0.25) is 0 Å². The molecule has 1 N–H and O–H groups in total. The third kappa shape index (κ3) is 4.54. The van der Waals surface area contributed by atoms with Crippen LogP contribution in [0.15, 0.2) is 22.8 Å². The summed E-state index contributed by atoms with van der Waals surface area (Å²) in [6.45, 7) is 2.55. The predicted molar refractivity (Wildman–Crippen MR) is 80.3 cm³/mol. The number of ether oxygens (including phenoxy) is 1. The summed E-state index contributed by atoms with van der Waals surface area (Å²) in [5, 5.41) is 3.50. The number of amides is 1. The highest BCUT2D eigenvalue weighted by Crippen LogP contribution is 2.12. The zero-order valence-electron chi connectivity index (χ0n) is 11.6. The normalized spacial score (nSPS) is 16.4. The third-order valence-electron chi connectivity index (χ3n) is 3.48. The Morgan fingerprint density at radius 2 is 2.25 bits per heavy atom. The first-order valence-corrected chi connectivity index (χ1v) is 7.59. The van der Waals surface area contributed by atoms with E-state index in [4.69, 9.17) is 4.74 Å². The van der Waals surface area contributed by atoms with Crippen LogP contribution in [0.1, 0.15) is 18.5 Å². The summed E-state index contributed by atoms with van der Waals surface area (Å²) in [6, 6.07) is 4.46. The molecular formula is C14H20BrN3O2. The highest BCUT2D eigenvalue weighted by Gasteiger charge is 2.22. The summed E-state index contributed by atoms with van der Waals surface area (Å²) in [4.78, 5) is 17.9. The van der Waals surface area contributed by atoms with E-state index in [1.54, 1.807) is 7.11 Å². The van der Waals surface area contributed by atoms with Crippen molar-refractivity contribution in [2.45, 2.75) is 25.4 Å². The molecule has 20 heavy (non-hydrogen) atoms. The second-order valence-electron chi connectivity index (χ2n) is 4.94. The average Bonchev–Trinajstić information content (AvgIpc) is 2.47. The third-order valence-corrected chi connectivity index (χ3v) is 3.95. The van der Waals surface area contributed by atoms with E-state index in [-0.39, 0.29) is 12.5 Å². The molecule has 5 nitrogen and oxygen atoms in total. The Kier molecular flexibility index (Phi) is 5.94. The number of rotatable bonds is 5.